The molecule has 4 heteroatoms. The van der Waals surface area contributed by atoms with Crippen molar-refractivity contribution in [2.75, 3.05) is 0 Å². The van der Waals surface area contributed by atoms with E-state index in [1.165, 1.54) is 18.2 Å². The molecule has 2 aromatic rings. The number of hydrogen-bond donors (Lipinski definition) is 3. The normalized spacial score (nSPS) is 9.17. The van der Waals surface area contributed by atoms with Gasteiger partial charge in [0.05, 0.1) is 5.56 Å². The van der Waals surface area contributed by atoms with Crippen LogP contribution in [0.15, 0.2) is 48.5 Å². The molecular formula is C14H14O4. The monoisotopic (exact) mass is 246 g/mol. The minimum Gasteiger partial charge on any atom is -0.508 e. The van der Waals surface area contributed by atoms with E-state index in [2.05, 4.69) is 0 Å². The fourth-order valence-corrected chi connectivity index (χ4v) is 1.27. The van der Waals surface area contributed by atoms with Crippen LogP contribution in [0.3, 0.4) is 0 Å². The summed E-state index contributed by atoms with van der Waals surface area (Å²) in [6, 6.07) is 12.7. The maximum absolute atomic E-state index is 10.4. The number of carboxylic acid groups (broad SMARTS) is 1. The van der Waals surface area contributed by atoms with E-state index >= 15 is 0 Å². The Morgan fingerprint density at radius 3 is 1.83 bits per heavy atom. The zero-order valence-corrected chi connectivity index (χ0v) is 9.87. The van der Waals surface area contributed by atoms with E-state index in [1.807, 2.05) is 13.0 Å². The molecule has 0 atom stereocenters. The first kappa shape index (κ1) is 13.6. The lowest BCUT2D eigenvalue weighted by molar-refractivity contribution is 0.0697. The first-order chi connectivity index (χ1) is 8.49. The Labute approximate surface area is 105 Å². The second kappa shape index (κ2) is 6.30. The summed E-state index contributed by atoms with van der Waals surface area (Å²) in [5.41, 5.74) is 1.32. The molecular weight excluding hydrogens is 232 g/mol. The molecule has 2 aromatic carbocycles. The van der Waals surface area contributed by atoms with E-state index < -0.39 is 5.97 Å². The Bertz CT molecular complexity index is 518. The van der Waals surface area contributed by atoms with Crippen molar-refractivity contribution < 1.29 is 20.1 Å². The molecule has 18 heavy (non-hydrogen) atoms. The number of aromatic carboxylic acids is 1. The summed E-state index contributed by atoms with van der Waals surface area (Å²) in [5, 5.41) is 25.8. The largest absolute Gasteiger partial charge is 0.508 e. The Hall–Kier alpha value is -2.49. The molecule has 0 fully saturated rings. The molecule has 0 bridgehead atoms. The van der Waals surface area contributed by atoms with Crippen molar-refractivity contribution in [3.05, 3.63) is 59.7 Å². The molecule has 0 unspecified atom stereocenters. The topological polar surface area (TPSA) is 77.8 Å². The van der Waals surface area contributed by atoms with E-state index in [9.17, 15) is 4.79 Å². The molecule has 0 saturated carbocycles. The SMILES string of the molecule is Cc1cccc(C(=O)O)c1.Oc1cccc(O)c1. The predicted octanol–water partition coefficient (Wildman–Crippen LogP) is 2.79. The van der Waals surface area contributed by atoms with Gasteiger partial charge in [-0.2, -0.15) is 0 Å². The zero-order valence-electron chi connectivity index (χ0n) is 9.87. The van der Waals surface area contributed by atoms with Crippen LogP contribution in [-0.2, 0) is 0 Å². The van der Waals surface area contributed by atoms with Crippen molar-refractivity contribution in [3.8, 4) is 11.5 Å². The molecule has 4 nitrogen and oxygen atoms in total. The molecule has 0 spiro atoms. The number of hydrogen-bond acceptors (Lipinski definition) is 3. The van der Waals surface area contributed by atoms with Crippen LogP contribution in [0.5, 0.6) is 11.5 Å². The molecule has 0 aromatic heterocycles. The Balaban J connectivity index is 0.000000184. The highest BCUT2D eigenvalue weighted by molar-refractivity contribution is 5.87. The van der Waals surface area contributed by atoms with Crippen LogP contribution in [0.25, 0.3) is 0 Å². The van der Waals surface area contributed by atoms with Crippen LogP contribution in [0.4, 0.5) is 0 Å². The molecule has 0 heterocycles. The summed E-state index contributed by atoms with van der Waals surface area (Å²) in [6.07, 6.45) is 0. The molecule has 94 valence electrons. The summed E-state index contributed by atoms with van der Waals surface area (Å²) in [4.78, 5) is 10.4. The average molecular weight is 246 g/mol. The van der Waals surface area contributed by atoms with Crippen molar-refractivity contribution in [2.24, 2.45) is 0 Å². The van der Waals surface area contributed by atoms with E-state index in [0.717, 1.165) is 5.56 Å². The highest BCUT2D eigenvalue weighted by Gasteiger charge is 1.99. The number of carbonyl (C=O) groups is 1. The van der Waals surface area contributed by atoms with Gasteiger partial charge >= 0.3 is 5.97 Å². The lowest BCUT2D eigenvalue weighted by Gasteiger charge is -1.93. The maximum atomic E-state index is 10.4. The lowest BCUT2D eigenvalue weighted by Crippen LogP contribution is -1.95. The van der Waals surface area contributed by atoms with Crippen molar-refractivity contribution in [2.45, 2.75) is 6.92 Å². The minimum absolute atomic E-state index is 0.0880. The van der Waals surface area contributed by atoms with Crippen LogP contribution in [0.1, 0.15) is 15.9 Å². The fraction of sp³-hybridized carbons (Fsp3) is 0.0714. The van der Waals surface area contributed by atoms with Gasteiger partial charge < -0.3 is 15.3 Å². The number of benzene rings is 2. The summed E-state index contributed by atoms with van der Waals surface area (Å²) < 4.78 is 0. The summed E-state index contributed by atoms with van der Waals surface area (Å²) in [6.45, 7) is 1.87. The van der Waals surface area contributed by atoms with Crippen LogP contribution in [-0.4, -0.2) is 21.3 Å². The van der Waals surface area contributed by atoms with Crippen LogP contribution in [0.2, 0.25) is 0 Å². The third-order valence-corrected chi connectivity index (χ3v) is 2.09. The summed E-state index contributed by atoms with van der Waals surface area (Å²) in [7, 11) is 0. The van der Waals surface area contributed by atoms with E-state index in [-0.39, 0.29) is 11.5 Å². The standard InChI is InChI=1S/C8H8O2.C6H6O2/c1-6-3-2-4-7(5-6)8(9)10;7-5-2-1-3-6(8)4-5/h2-5H,1H3,(H,9,10);1-4,7-8H. The molecule has 0 radical (unpaired) electrons. The van der Waals surface area contributed by atoms with Gasteiger partial charge in [-0.25, -0.2) is 4.79 Å². The van der Waals surface area contributed by atoms with Crippen molar-refractivity contribution >= 4 is 5.97 Å². The van der Waals surface area contributed by atoms with Crippen LogP contribution < -0.4 is 0 Å². The number of rotatable bonds is 1. The van der Waals surface area contributed by atoms with Gasteiger partial charge in [0.2, 0.25) is 0 Å². The number of aryl methyl sites for hydroxylation is 1. The van der Waals surface area contributed by atoms with Gasteiger partial charge in [0, 0.05) is 6.07 Å². The Kier molecular flexibility index (Phi) is 4.75. The molecule has 0 amide bonds. The maximum Gasteiger partial charge on any atom is 0.335 e. The highest BCUT2D eigenvalue weighted by atomic mass is 16.4. The second-order valence-electron chi connectivity index (χ2n) is 3.69. The molecule has 0 aliphatic rings. The average Bonchev–Trinajstić information content (AvgIpc) is 2.29. The van der Waals surface area contributed by atoms with Crippen molar-refractivity contribution in [1.29, 1.82) is 0 Å². The van der Waals surface area contributed by atoms with Gasteiger partial charge in [0.15, 0.2) is 0 Å². The molecule has 2 rings (SSSR count). The van der Waals surface area contributed by atoms with Crippen molar-refractivity contribution in [3.63, 3.8) is 0 Å². The molecule has 0 aliphatic carbocycles. The molecule has 3 N–H and O–H groups in total. The first-order valence-corrected chi connectivity index (χ1v) is 5.27. The minimum atomic E-state index is -0.872. The molecule has 0 aliphatic heterocycles. The lowest BCUT2D eigenvalue weighted by atomic mass is 10.1. The second-order valence-corrected chi connectivity index (χ2v) is 3.69. The van der Waals surface area contributed by atoms with E-state index in [0.29, 0.717) is 5.56 Å². The number of phenolic OH excluding ortho intramolecular Hbond substituents is 2. The van der Waals surface area contributed by atoms with Gasteiger partial charge in [0.25, 0.3) is 0 Å². The first-order valence-electron chi connectivity index (χ1n) is 5.27. The summed E-state index contributed by atoms with van der Waals surface area (Å²) >= 11 is 0. The predicted molar refractivity (Wildman–Crippen MR) is 67.9 cm³/mol. The number of carboxylic acids is 1. The highest BCUT2D eigenvalue weighted by Crippen LogP contribution is 2.14. The fourth-order valence-electron chi connectivity index (χ4n) is 1.27. The number of aromatic hydroxyl groups is 2. The Morgan fingerprint density at radius 2 is 1.50 bits per heavy atom. The smallest absolute Gasteiger partial charge is 0.335 e. The third-order valence-electron chi connectivity index (χ3n) is 2.09. The Morgan fingerprint density at radius 1 is 0.944 bits per heavy atom. The van der Waals surface area contributed by atoms with Gasteiger partial charge in [-0.1, -0.05) is 23.8 Å². The third kappa shape index (κ3) is 4.57. The van der Waals surface area contributed by atoms with Crippen LogP contribution >= 0.6 is 0 Å². The van der Waals surface area contributed by atoms with Gasteiger partial charge in [-0.15, -0.1) is 0 Å². The van der Waals surface area contributed by atoms with E-state index in [4.69, 9.17) is 15.3 Å². The van der Waals surface area contributed by atoms with Gasteiger partial charge in [0.1, 0.15) is 11.5 Å². The quantitative estimate of drug-likeness (QED) is 0.723. The van der Waals surface area contributed by atoms with Crippen LogP contribution in [0, 0.1) is 6.92 Å². The molecule has 0 saturated heterocycles. The van der Waals surface area contributed by atoms with Gasteiger partial charge in [-0.05, 0) is 31.2 Å². The summed E-state index contributed by atoms with van der Waals surface area (Å²) in [5.74, 6) is -0.696. The van der Waals surface area contributed by atoms with Crippen molar-refractivity contribution in [1.82, 2.24) is 0 Å². The van der Waals surface area contributed by atoms with Gasteiger partial charge in [-0.3, -0.25) is 0 Å². The zero-order chi connectivity index (χ0) is 13.5. The number of phenols is 2. The van der Waals surface area contributed by atoms with E-state index in [1.54, 1.807) is 24.3 Å².